The molecule has 0 saturated heterocycles. The summed E-state index contributed by atoms with van der Waals surface area (Å²) < 4.78 is 22.8. The van der Waals surface area contributed by atoms with E-state index in [1.807, 2.05) is 9.47 Å². The number of aryl methyl sites for hydroxylation is 1. The third-order valence-corrected chi connectivity index (χ3v) is 5.10. The number of ether oxygens (including phenoxy) is 1. The first-order valence-electron chi connectivity index (χ1n) is 9.14. The molecule has 1 aliphatic rings. The fourth-order valence-corrected chi connectivity index (χ4v) is 3.72. The molecular weight excluding hydrogens is 365 g/mol. The molecule has 0 amide bonds. The van der Waals surface area contributed by atoms with E-state index in [0.717, 1.165) is 5.69 Å². The van der Waals surface area contributed by atoms with E-state index in [1.54, 1.807) is 19.2 Å². The molecule has 0 spiro atoms. The van der Waals surface area contributed by atoms with Gasteiger partial charge in [-0.25, -0.2) is 9.18 Å². The Bertz CT molecular complexity index is 1150. The van der Waals surface area contributed by atoms with Crippen molar-refractivity contribution in [3.05, 3.63) is 50.9 Å². The lowest BCUT2D eigenvalue weighted by atomic mass is 10.1. The third kappa shape index (κ3) is 2.82. The van der Waals surface area contributed by atoms with Gasteiger partial charge in [0.1, 0.15) is 5.82 Å². The van der Waals surface area contributed by atoms with E-state index >= 15 is 0 Å². The van der Waals surface area contributed by atoms with E-state index in [4.69, 9.17) is 4.74 Å². The van der Waals surface area contributed by atoms with Crippen LogP contribution in [0, 0.1) is 11.7 Å². The number of fused-ring (bicyclic) bond motifs is 3. The Morgan fingerprint density at radius 1 is 1.21 bits per heavy atom. The summed E-state index contributed by atoms with van der Waals surface area (Å²) in [5.74, 6) is 0.501. The van der Waals surface area contributed by atoms with Gasteiger partial charge in [-0.2, -0.15) is 4.98 Å². The van der Waals surface area contributed by atoms with Crippen LogP contribution in [0.2, 0.25) is 0 Å². The zero-order valence-corrected chi connectivity index (χ0v) is 16.1. The van der Waals surface area contributed by atoms with E-state index in [0.29, 0.717) is 30.2 Å². The monoisotopic (exact) mass is 387 g/mol. The van der Waals surface area contributed by atoms with Gasteiger partial charge >= 0.3 is 5.69 Å². The highest BCUT2D eigenvalue weighted by molar-refractivity contribution is 5.77. The molecule has 0 bridgehead atoms. The fraction of sp³-hybridized carbons (Fsp3) is 0.421. The van der Waals surface area contributed by atoms with Gasteiger partial charge in [0, 0.05) is 32.9 Å². The van der Waals surface area contributed by atoms with Crippen molar-refractivity contribution in [3.8, 4) is 0 Å². The van der Waals surface area contributed by atoms with Crippen LogP contribution in [-0.4, -0.2) is 38.9 Å². The van der Waals surface area contributed by atoms with Gasteiger partial charge in [0.05, 0.1) is 13.2 Å². The second-order valence-electron chi connectivity index (χ2n) is 7.18. The van der Waals surface area contributed by atoms with Gasteiger partial charge in [-0.3, -0.25) is 13.9 Å². The summed E-state index contributed by atoms with van der Waals surface area (Å²) in [5, 5.41) is 0. The van der Waals surface area contributed by atoms with Crippen LogP contribution in [0.4, 0.5) is 16.0 Å². The summed E-state index contributed by atoms with van der Waals surface area (Å²) in [6.45, 7) is 3.81. The van der Waals surface area contributed by atoms with E-state index in [2.05, 4.69) is 11.9 Å². The maximum Gasteiger partial charge on any atom is 0.332 e. The summed E-state index contributed by atoms with van der Waals surface area (Å²) >= 11 is 0. The predicted octanol–water partition coefficient (Wildman–Crippen LogP) is 1.47. The molecule has 2 aromatic heterocycles. The number of imidazole rings is 1. The van der Waals surface area contributed by atoms with E-state index < -0.39 is 5.69 Å². The number of methoxy groups -OCH3 is 1. The van der Waals surface area contributed by atoms with Crippen LogP contribution in [0.25, 0.3) is 11.2 Å². The van der Waals surface area contributed by atoms with Gasteiger partial charge in [0.25, 0.3) is 5.56 Å². The van der Waals surface area contributed by atoms with E-state index in [9.17, 15) is 14.0 Å². The summed E-state index contributed by atoms with van der Waals surface area (Å²) in [7, 11) is 3.13. The minimum atomic E-state index is -0.425. The predicted molar refractivity (Wildman–Crippen MR) is 104 cm³/mol. The molecule has 0 saturated carbocycles. The van der Waals surface area contributed by atoms with Crippen molar-refractivity contribution < 1.29 is 9.13 Å². The van der Waals surface area contributed by atoms with Crippen molar-refractivity contribution in [2.75, 3.05) is 25.2 Å². The molecule has 4 rings (SSSR count). The Hall–Kier alpha value is -2.94. The molecule has 28 heavy (non-hydrogen) atoms. The zero-order chi connectivity index (χ0) is 20.0. The standard InChI is InChI=1S/C19H22FN5O3/c1-12-10-24(14-6-4-13(20)5-7-14)18-21-16-15(25(18)11-12)17(26)23(8-9-28-3)19(27)22(16)2/h4-7,12H,8-11H2,1-3H3. The lowest BCUT2D eigenvalue weighted by Crippen LogP contribution is -2.41. The van der Waals surface area contributed by atoms with Crippen molar-refractivity contribution in [2.24, 2.45) is 13.0 Å². The van der Waals surface area contributed by atoms with Gasteiger partial charge in [-0.05, 0) is 30.2 Å². The van der Waals surface area contributed by atoms with Crippen molar-refractivity contribution >= 4 is 22.8 Å². The number of rotatable bonds is 4. The average Bonchev–Trinajstić information content (AvgIpc) is 3.06. The van der Waals surface area contributed by atoms with Crippen LogP contribution < -0.4 is 16.1 Å². The summed E-state index contributed by atoms with van der Waals surface area (Å²) in [4.78, 5) is 32.3. The van der Waals surface area contributed by atoms with E-state index in [1.165, 1.54) is 28.4 Å². The van der Waals surface area contributed by atoms with E-state index in [-0.39, 0.29) is 30.4 Å². The molecule has 1 unspecified atom stereocenters. The molecular formula is C19H22FN5O3. The van der Waals surface area contributed by atoms with Crippen LogP contribution in [0.1, 0.15) is 6.92 Å². The maximum absolute atomic E-state index is 13.4. The first kappa shape index (κ1) is 18.4. The molecule has 3 heterocycles. The first-order chi connectivity index (χ1) is 13.4. The number of halogens is 1. The minimum Gasteiger partial charge on any atom is -0.383 e. The Balaban J connectivity index is 1.96. The van der Waals surface area contributed by atoms with Crippen molar-refractivity contribution in [2.45, 2.75) is 20.0 Å². The molecule has 9 heteroatoms. The molecule has 1 aliphatic heterocycles. The SMILES string of the molecule is COCCn1c(=O)c2c(nc3n2CC(C)CN3c2ccc(F)cc2)n(C)c1=O. The largest absolute Gasteiger partial charge is 0.383 e. The number of hydrogen-bond acceptors (Lipinski definition) is 5. The van der Waals surface area contributed by atoms with Gasteiger partial charge in [0.2, 0.25) is 5.95 Å². The van der Waals surface area contributed by atoms with Crippen LogP contribution in [0.3, 0.4) is 0 Å². The van der Waals surface area contributed by atoms with Crippen LogP contribution in [0.15, 0.2) is 33.9 Å². The zero-order valence-electron chi connectivity index (χ0n) is 16.1. The van der Waals surface area contributed by atoms with Crippen molar-refractivity contribution in [3.63, 3.8) is 0 Å². The van der Waals surface area contributed by atoms with Crippen molar-refractivity contribution in [1.82, 2.24) is 18.7 Å². The molecule has 0 aliphatic carbocycles. The lowest BCUT2D eigenvalue weighted by molar-refractivity contribution is 0.184. The van der Waals surface area contributed by atoms with Crippen LogP contribution in [0.5, 0.6) is 0 Å². The van der Waals surface area contributed by atoms with Gasteiger partial charge in [-0.15, -0.1) is 0 Å². The number of nitrogens with zero attached hydrogens (tertiary/aromatic N) is 5. The third-order valence-electron chi connectivity index (χ3n) is 5.10. The molecule has 8 nitrogen and oxygen atoms in total. The molecule has 1 atom stereocenters. The Labute approximate surface area is 160 Å². The summed E-state index contributed by atoms with van der Waals surface area (Å²) in [6.07, 6.45) is 0. The minimum absolute atomic E-state index is 0.176. The Kier molecular flexibility index (Phi) is 4.54. The van der Waals surface area contributed by atoms with Gasteiger partial charge in [-0.1, -0.05) is 6.92 Å². The lowest BCUT2D eigenvalue weighted by Gasteiger charge is -2.32. The topological polar surface area (TPSA) is 74.3 Å². The van der Waals surface area contributed by atoms with Crippen LogP contribution >= 0.6 is 0 Å². The molecule has 148 valence electrons. The number of aromatic nitrogens is 4. The number of hydrogen-bond donors (Lipinski definition) is 0. The molecule has 3 aromatic rings. The smallest absolute Gasteiger partial charge is 0.332 e. The maximum atomic E-state index is 13.4. The normalized spacial score (nSPS) is 16.6. The Morgan fingerprint density at radius 2 is 1.93 bits per heavy atom. The fourth-order valence-electron chi connectivity index (χ4n) is 3.72. The number of benzene rings is 1. The second kappa shape index (κ2) is 6.90. The quantitative estimate of drug-likeness (QED) is 0.678. The summed E-state index contributed by atoms with van der Waals surface area (Å²) in [6, 6.07) is 6.17. The second-order valence-corrected chi connectivity index (χ2v) is 7.18. The highest BCUT2D eigenvalue weighted by Gasteiger charge is 2.29. The summed E-state index contributed by atoms with van der Waals surface area (Å²) in [5.41, 5.74) is 0.731. The van der Waals surface area contributed by atoms with Crippen LogP contribution in [-0.2, 0) is 24.9 Å². The number of anilines is 2. The highest BCUT2D eigenvalue weighted by Crippen LogP contribution is 2.32. The van der Waals surface area contributed by atoms with Gasteiger partial charge < -0.3 is 14.2 Å². The first-order valence-corrected chi connectivity index (χ1v) is 9.14. The molecule has 0 N–H and O–H groups in total. The molecule has 0 fully saturated rings. The van der Waals surface area contributed by atoms with Gasteiger partial charge in [0.15, 0.2) is 11.2 Å². The van der Waals surface area contributed by atoms with Crippen molar-refractivity contribution in [1.29, 1.82) is 0 Å². The molecule has 1 aromatic carbocycles. The Morgan fingerprint density at radius 3 is 2.61 bits per heavy atom. The molecule has 0 radical (unpaired) electrons. The highest BCUT2D eigenvalue weighted by atomic mass is 19.1. The average molecular weight is 387 g/mol.